The second-order valence-corrected chi connectivity index (χ2v) is 15.2. The third kappa shape index (κ3) is 5.86. The number of aromatic nitrogens is 4. The Bertz CT molecular complexity index is 3030. The molecule has 0 atom stereocenters. The summed E-state index contributed by atoms with van der Waals surface area (Å²) < 4.78 is 2.36. The summed E-state index contributed by atoms with van der Waals surface area (Å²) in [5.41, 5.74) is 12.1. The van der Waals surface area contributed by atoms with Crippen LogP contribution in [0.15, 0.2) is 210 Å². The molecule has 0 amide bonds. The molecule has 0 spiro atoms. The largest absolute Gasteiger partial charge is 0.309 e. The summed E-state index contributed by atoms with van der Waals surface area (Å²) in [4.78, 5) is 19.6. The Morgan fingerprint density at radius 3 is 1.54 bits per heavy atom. The Morgan fingerprint density at radius 1 is 0.333 bits per heavy atom. The summed E-state index contributed by atoms with van der Waals surface area (Å²) in [5.74, 6) is 1.94. The Balaban J connectivity index is 0.980. The molecule has 0 saturated heterocycles. The first-order chi connectivity index (χ1) is 28.2. The van der Waals surface area contributed by atoms with Crippen molar-refractivity contribution in [2.24, 2.45) is 0 Å². The topological polar surface area (TPSA) is 46.8 Å². The summed E-state index contributed by atoms with van der Waals surface area (Å²) in [5, 5.41) is 2.49. The van der Waals surface area contributed by atoms with Crippen LogP contribution in [-0.2, 0) is 0 Å². The molecule has 0 radical (unpaired) electrons. The molecule has 0 N–H and O–H groups in total. The van der Waals surface area contributed by atoms with Gasteiger partial charge in [0.05, 0.1) is 22.4 Å². The molecule has 0 aliphatic carbocycles. The van der Waals surface area contributed by atoms with E-state index >= 15 is 0 Å². The highest BCUT2D eigenvalue weighted by Gasteiger charge is 2.26. The predicted molar refractivity (Wildman–Crippen MR) is 235 cm³/mol. The minimum atomic E-state index is 0.637. The summed E-state index contributed by atoms with van der Waals surface area (Å²) in [6.45, 7) is 0. The molecule has 6 heteroatoms. The van der Waals surface area contributed by atoms with E-state index in [4.69, 9.17) is 15.0 Å². The Labute approximate surface area is 334 Å². The number of para-hydroxylation sites is 3. The van der Waals surface area contributed by atoms with Crippen molar-refractivity contribution in [3.8, 4) is 51.0 Å². The second kappa shape index (κ2) is 13.8. The third-order valence-electron chi connectivity index (χ3n) is 10.6. The van der Waals surface area contributed by atoms with E-state index in [0.29, 0.717) is 17.5 Å². The molecular formula is C51H33N5S. The number of nitrogens with zero attached hydrogens (tertiary/aromatic N) is 5. The van der Waals surface area contributed by atoms with Crippen molar-refractivity contribution in [3.05, 3.63) is 200 Å². The summed E-state index contributed by atoms with van der Waals surface area (Å²) in [6.07, 6.45) is 0. The summed E-state index contributed by atoms with van der Waals surface area (Å²) in [7, 11) is 0. The summed E-state index contributed by atoms with van der Waals surface area (Å²) >= 11 is 1.82. The van der Waals surface area contributed by atoms with Crippen LogP contribution in [0.4, 0.5) is 17.1 Å². The van der Waals surface area contributed by atoms with Gasteiger partial charge in [-0.2, -0.15) is 0 Å². The van der Waals surface area contributed by atoms with Crippen LogP contribution in [-0.4, -0.2) is 19.5 Å². The van der Waals surface area contributed by atoms with Gasteiger partial charge >= 0.3 is 0 Å². The van der Waals surface area contributed by atoms with Crippen LogP contribution in [0, 0.1) is 0 Å². The molecule has 8 aromatic carbocycles. The second-order valence-electron chi connectivity index (χ2n) is 14.1. The highest BCUT2D eigenvalue weighted by Crippen LogP contribution is 2.52. The molecule has 1 aliphatic heterocycles. The van der Waals surface area contributed by atoms with Crippen LogP contribution in [0.2, 0.25) is 0 Å². The molecule has 268 valence electrons. The van der Waals surface area contributed by atoms with E-state index in [1.54, 1.807) is 0 Å². The van der Waals surface area contributed by atoms with Crippen molar-refractivity contribution in [1.29, 1.82) is 0 Å². The van der Waals surface area contributed by atoms with Crippen molar-refractivity contribution >= 4 is 50.6 Å². The van der Waals surface area contributed by atoms with E-state index in [9.17, 15) is 0 Å². The van der Waals surface area contributed by atoms with Gasteiger partial charge in [-0.05, 0) is 90.0 Å². The molecule has 0 fully saturated rings. The molecule has 0 bridgehead atoms. The lowest BCUT2D eigenvalue weighted by Crippen LogP contribution is -2.14. The molecule has 57 heavy (non-hydrogen) atoms. The molecule has 5 nitrogen and oxygen atoms in total. The Morgan fingerprint density at radius 2 is 0.842 bits per heavy atom. The number of hydrogen-bond donors (Lipinski definition) is 0. The highest BCUT2D eigenvalue weighted by molar-refractivity contribution is 7.99. The maximum absolute atomic E-state index is 4.96. The quantitative estimate of drug-likeness (QED) is 0.169. The SMILES string of the molecule is c1ccc(-c2nc(-c3ccccc3)nc(-c3ccc(N4c5ccccc5Sc5cc(-c6ccc7c(c6)c6ccccc6n7-c6ccccc6)ccc54)cc3)n2)cc1. The normalized spacial score (nSPS) is 12.1. The standard InChI is InChI=1S/C51H33N5S/c1-4-14-34(15-5-1)49-52-50(35-16-6-2-7-17-35)54-51(53-49)36-24-28-40(29-25-36)56-45-22-12-13-23-47(45)57-48-33-38(27-31-46(48)56)37-26-30-44-42(32-37)41-20-10-11-21-43(41)55(44)39-18-8-3-9-19-39/h1-33H. The van der Waals surface area contributed by atoms with E-state index in [0.717, 1.165) is 39.4 Å². The molecular weight excluding hydrogens is 715 g/mol. The van der Waals surface area contributed by atoms with Crippen molar-refractivity contribution < 1.29 is 0 Å². The zero-order valence-electron chi connectivity index (χ0n) is 30.7. The van der Waals surface area contributed by atoms with Crippen molar-refractivity contribution in [1.82, 2.24) is 19.5 Å². The van der Waals surface area contributed by atoms with Crippen LogP contribution in [0.3, 0.4) is 0 Å². The first-order valence-corrected chi connectivity index (χ1v) is 19.8. The maximum atomic E-state index is 4.96. The Hall–Kier alpha value is -7.28. The van der Waals surface area contributed by atoms with Crippen LogP contribution in [0.5, 0.6) is 0 Å². The first kappa shape index (κ1) is 33.1. The lowest BCUT2D eigenvalue weighted by molar-refractivity contribution is 1.07. The lowest BCUT2D eigenvalue weighted by Gasteiger charge is -2.33. The van der Waals surface area contributed by atoms with Gasteiger partial charge in [-0.25, -0.2) is 15.0 Å². The van der Waals surface area contributed by atoms with E-state index in [1.165, 1.54) is 42.7 Å². The minimum Gasteiger partial charge on any atom is -0.309 e. The van der Waals surface area contributed by atoms with Crippen molar-refractivity contribution in [2.45, 2.75) is 9.79 Å². The number of benzene rings is 8. The fourth-order valence-corrected chi connectivity index (χ4v) is 9.02. The van der Waals surface area contributed by atoms with Crippen molar-refractivity contribution in [3.63, 3.8) is 0 Å². The fraction of sp³-hybridized carbons (Fsp3) is 0. The number of rotatable bonds is 6. The fourth-order valence-electron chi connectivity index (χ4n) is 7.92. The predicted octanol–water partition coefficient (Wildman–Crippen LogP) is 13.6. The van der Waals surface area contributed by atoms with Gasteiger partial charge in [-0.1, -0.05) is 133 Å². The summed E-state index contributed by atoms with van der Waals surface area (Å²) in [6, 6.07) is 70.5. The molecule has 3 heterocycles. The van der Waals surface area contributed by atoms with Crippen molar-refractivity contribution in [2.75, 3.05) is 4.90 Å². The number of anilines is 3. The van der Waals surface area contributed by atoms with Gasteiger partial charge in [0.25, 0.3) is 0 Å². The van der Waals surface area contributed by atoms with E-state index in [-0.39, 0.29) is 0 Å². The van der Waals surface area contributed by atoms with Crippen LogP contribution < -0.4 is 4.90 Å². The van der Waals surface area contributed by atoms with E-state index in [1.807, 2.05) is 72.4 Å². The van der Waals surface area contributed by atoms with Gasteiger partial charge < -0.3 is 9.47 Å². The van der Waals surface area contributed by atoms with Gasteiger partial charge in [-0.3, -0.25) is 0 Å². The number of fused-ring (bicyclic) bond motifs is 5. The Kier molecular flexibility index (Phi) is 8.00. The molecule has 11 rings (SSSR count). The average molecular weight is 748 g/mol. The smallest absolute Gasteiger partial charge is 0.164 e. The monoisotopic (exact) mass is 747 g/mol. The lowest BCUT2D eigenvalue weighted by atomic mass is 10.0. The molecule has 0 saturated carbocycles. The van der Waals surface area contributed by atoms with E-state index in [2.05, 4.69) is 149 Å². The maximum Gasteiger partial charge on any atom is 0.164 e. The zero-order chi connectivity index (χ0) is 37.7. The van der Waals surface area contributed by atoms with Gasteiger partial charge in [-0.15, -0.1) is 0 Å². The molecule has 2 aromatic heterocycles. The highest BCUT2D eigenvalue weighted by atomic mass is 32.2. The van der Waals surface area contributed by atoms with E-state index < -0.39 is 0 Å². The van der Waals surface area contributed by atoms with Crippen LogP contribution in [0.25, 0.3) is 72.8 Å². The van der Waals surface area contributed by atoms with Crippen LogP contribution >= 0.6 is 11.8 Å². The van der Waals surface area contributed by atoms with Crippen LogP contribution in [0.1, 0.15) is 0 Å². The number of hydrogen-bond acceptors (Lipinski definition) is 5. The van der Waals surface area contributed by atoms with Gasteiger partial charge in [0, 0.05) is 48.6 Å². The first-order valence-electron chi connectivity index (χ1n) is 19.0. The third-order valence-corrected chi connectivity index (χ3v) is 11.7. The molecule has 10 aromatic rings. The molecule has 0 unspecified atom stereocenters. The van der Waals surface area contributed by atoms with Gasteiger partial charge in [0.1, 0.15) is 0 Å². The molecule has 1 aliphatic rings. The van der Waals surface area contributed by atoms with Gasteiger partial charge in [0.15, 0.2) is 17.5 Å². The zero-order valence-corrected chi connectivity index (χ0v) is 31.5. The average Bonchev–Trinajstić information content (AvgIpc) is 3.62. The minimum absolute atomic E-state index is 0.637. The van der Waals surface area contributed by atoms with Gasteiger partial charge in [0.2, 0.25) is 0 Å².